The molecule has 1 amide bonds. The van der Waals surface area contributed by atoms with Crippen LogP contribution in [0.4, 0.5) is 4.79 Å². The lowest BCUT2D eigenvalue weighted by atomic mass is 10.2. The average molecular weight is 904 g/mol. The van der Waals surface area contributed by atoms with E-state index in [1.807, 2.05) is 109 Å². The molecule has 18 nitrogen and oxygen atoms in total. The SMILES string of the molecule is CC(C)(C)OC(=O)CCN1CCN(C(=O)OC(C)(C)C)C1.CC(C)(C)OC(=O)CCNCCNCC(=O)OC(C)(C)C.CC(C)(C)OC(=O)CNCCN.[CH+]=CC(=O)OC(C)(C)C. The van der Waals surface area contributed by atoms with Gasteiger partial charge in [-0.2, -0.15) is 0 Å². The van der Waals surface area contributed by atoms with Crippen LogP contribution in [0.2, 0.25) is 0 Å². The minimum atomic E-state index is -0.485. The Hall–Kier alpha value is -3.93. The lowest BCUT2D eigenvalue weighted by Crippen LogP contribution is -2.37. The first-order valence-corrected chi connectivity index (χ1v) is 21.5. The van der Waals surface area contributed by atoms with Gasteiger partial charge < -0.3 is 50.1 Å². The fourth-order valence-corrected chi connectivity index (χ4v) is 4.40. The van der Waals surface area contributed by atoms with Gasteiger partial charge in [-0.05, 0) is 125 Å². The minimum absolute atomic E-state index is 0.186. The minimum Gasteiger partial charge on any atom is -0.460 e. The maximum atomic E-state index is 11.9. The molecule has 18 heteroatoms. The van der Waals surface area contributed by atoms with Crippen molar-refractivity contribution in [1.29, 1.82) is 0 Å². The van der Waals surface area contributed by atoms with Crippen molar-refractivity contribution in [3.8, 4) is 0 Å². The Morgan fingerprint density at radius 2 is 0.889 bits per heavy atom. The van der Waals surface area contributed by atoms with Crippen LogP contribution in [0.25, 0.3) is 0 Å². The van der Waals surface area contributed by atoms with Gasteiger partial charge in [0.2, 0.25) is 6.08 Å². The zero-order valence-electron chi connectivity index (χ0n) is 42.2. The molecule has 0 radical (unpaired) electrons. The van der Waals surface area contributed by atoms with E-state index in [-0.39, 0.29) is 43.1 Å². The van der Waals surface area contributed by atoms with E-state index in [0.717, 1.165) is 12.6 Å². The van der Waals surface area contributed by atoms with E-state index in [4.69, 9.17) is 40.7 Å². The number of ether oxygens (including phenoxy) is 6. The van der Waals surface area contributed by atoms with Gasteiger partial charge in [0.25, 0.3) is 0 Å². The predicted molar refractivity (Wildman–Crippen MR) is 244 cm³/mol. The van der Waals surface area contributed by atoms with Crippen molar-refractivity contribution >= 4 is 35.9 Å². The van der Waals surface area contributed by atoms with Crippen molar-refractivity contribution in [3.63, 3.8) is 0 Å². The second-order valence-electron chi connectivity index (χ2n) is 20.4. The van der Waals surface area contributed by atoms with Crippen LogP contribution < -0.4 is 21.7 Å². The smallest absolute Gasteiger partial charge is 0.460 e. The molecule has 1 heterocycles. The van der Waals surface area contributed by atoms with Crippen LogP contribution in [0.1, 0.15) is 137 Å². The lowest BCUT2D eigenvalue weighted by Gasteiger charge is -2.24. The Kier molecular flexibility index (Phi) is 30.4. The third-order valence-corrected chi connectivity index (χ3v) is 6.41. The van der Waals surface area contributed by atoms with Crippen molar-refractivity contribution in [2.75, 3.05) is 72.1 Å². The number of esters is 5. The largest absolute Gasteiger partial charge is 0.484 e. The fraction of sp³-hybridized carbons (Fsp3) is 0.822. The van der Waals surface area contributed by atoms with Crippen LogP contribution in [-0.2, 0) is 52.4 Å². The van der Waals surface area contributed by atoms with Crippen LogP contribution >= 0.6 is 0 Å². The summed E-state index contributed by atoms with van der Waals surface area (Å²) in [4.78, 5) is 71.6. The van der Waals surface area contributed by atoms with E-state index in [0.29, 0.717) is 65.3 Å². The number of nitrogens with zero attached hydrogens (tertiary/aromatic N) is 2. The maximum Gasteiger partial charge on any atom is 0.484 e. The highest BCUT2D eigenvalue weighted by molar-refractivity contribution is 5.81. The maximum absolute atomic E-state index is 11.9. The highest BCUT2D eigenvalue weighted by Gasteiger charge is 2.29. The Morgan fingerprint density at radius 1 is 0.508 bits per heavy atom. The first-order valence-electron chi connectivity index (χ1n) is 21.5. The first-order chi connectivity index (χ1) is 28.4. The Labute approximate surface area is 379 Å². The van der Waals surface area contributed by atoms with Crippen molar-refractivity contribution in [2.24, 2.45) is 5.73 Å². The number of carbonyl (C=O) groups excluding carboxylic acids is 6. The molecular weight excluding hydrogens is 817 g/mol. The Balaban J connectivity index is -0.000000804. The lowest BCUT2D eigenvalue weighted by molar-refractivity contribution is -0.156. The normalized spacial score (nSPS) is 13.3. The second-order valence-corrected chi connectivity index (χ2v) is 20.4. The number of amides is 1. The topological polar surface area (TPSA) is 226 Å². The molecule has 1 fully saturated rings. The van der Waals surface area contributed by atoms with Crippen LogP contribution in [0.5, 0.6) is 0 Å². The molecule has 0 aliphatic carbocycles. The van der Waals surface area contributed by atoms with Gasteiger partial charge in [0.1, 0.15) is 33.6 Å². The van der Waals surface area contributed by atoms with E-state index >= 15 is 0 Å². The third kappa shape index (κ3) is 49.0. The summed E-state index contributed by atoms with van der Waals surface area (Å²) in [5, 5.41) is 8.95. The number of rotatable bonds is 16. The summed E-state index contributed by atoms with van der Waals surface area (Å²) in [7, 11) is 0. The van der Waals surface area contributed by atoms with Gasteiger partial charge >= 0.3 is 35.9 Å². The second kappa shape index (κ2) is 30.3. The summed E-state index contributed by atoms with van der Waals surface area (Å²) in [6.07, 6.45) is 1.27. The van der Waals surface area contributed by atoms with Crippen LogP contribution in [-0.4, -0.2) is 151 Å². The van der Waals surface area contributed by atoms with E-state index in [1.165, 1.54) is 0 Å². The summed E-state index contributed by atoms with van der Waals surface area (Å²) >= 11 is 0. The number of nitrogens with one attached hydrogen (secondary N) is 3. The van der Waals surface area contributed by atoms with Crippen LogP contribution in [0.3, 0.4) is 0 Å². The van der Waals surface area contributed by atoms with Gasteiger partial charge in [-0.1, -0.05) is 0 Å². The highest BCUT2D eigenvalue weighted by atomic mass is 16.6. The first kappa shape index (κ1) is 63.4. The van der Waals surface area contributed by atoms with Gasteiger partial charge in [0.05, 0.1) is 39.2 Å². The molecule has 368 valence electrons. The van der Waals surface area contributed by atoms with Crippen molar-refractivity contribution in [1.82, 2.24) is 25.8 Å². The van der Waals surface area contributed by atoms with E-state index < -0.39 is 39.6 Å². The Bertz CT molecular complexity index is 1330. The highest BCUT2D eigenvalue weighted by Crippen LogP contribution is 2.15. The summed E-state index contributed by atoms with van der Waals surface area (Å²) < 4.78 is 30.8. The van der Waals surface area contributed by atoms with Gasteiger partial charge in [0.15, 0.2) is 0 Å². The summed E-state index contributed by atoms with van der Waals surface area (Å²) in [6.45, 7) is 43.8. The molecule has 0 spiro atoms. The number of nitrogens with two attached hydrogens (primary N) is 1. The molecule has 63 heavy (non-hydrogen) atoms. The molecule has 0 aromatic carbocycles. The number of hydrogen-bond donors (Lipinski definition) is 4. The van der Waals surface area contributed by atoms with E-state index in [1.54, 1.807) is 25.7 Å². The third-order valence-electron chi connectivity index (χ3n) is 6.41. The van der Waals surface area contributed by atoms with Gasteiger partial charge in [-0.3, -0.25) is 29.0 Å². The number of carbonyl (C=O) groups is 6. The van der Waals surface area contributed by atoms with Crippen molar-refractivity contribution in [3.05, 3.63) is 12.7 Å². The van der Waals surface area contributed by atoms with Crippen molar-refractivity contribution < 1.29 is 57.2 Å². The summed E-state index contributed by atoms with van der Waals surface area (Å²) in [6, 6.07) is 0. The van der Waals surface area contributed by atoms with Crippen LogP contribution in [0.15, 0.2) is 6.08 Å². The molecule has 0 unspecified atom stereocenters. The standard InChI is InChI=1S/C15H28N2O4.C15H30N2O4.C8H18N2O2.C7H11O2/c1-14(2,3)20-12(18)7-8-16-9-10-17(11-16)13(19)21-15(4,5)6;1-14(2,3)20-12(18)7-8-16-9-10-17-11-13(19)21-15(4,5)6;1-8(2,3)12-7(11)6-10-5-4-9;1-5-6(8)9-7(2,3)4/h7-11H2,1-6H3;16-17H,7-11H2,1-6H3;10H,4-6,9H2,1-3H3;1,5H,2-4H3/q;;;+1. The Morgan fingerprint density at radius 3 is 1.27 bits per heavy atom. The molecule has 0 atom stereocenters. The molecular formula is C45H87N6O12+. The number of hydrogen-bond acceptors (Lipinski definition) is 17. The monoisotopic (exact) mass is 904 g/mol. The predicted octanol–water partition coefficient (Wildman–Crippen LogP) is 4.66. The molecule has 1 saturated heterocycles. The molecule has 0 aromatic heterocycles. The van der Waals surface area contributed by atoms with Crippen LogP contribution in [0, 0.1) is 6.58 Å². The summed E-state index contributed by atoms with van der Waals surface area (Å²) in [5.41, 5.74) is 2.56. The molecule has 5 N–H and O–H groups in total. The van der Waals surface area contributed by atoms with E-state index in [9.17, 15) is 28.8 Å². The molecule has 1 aliphatic rings. The fourth-order valence-electron chi connectivity index (χ4n) is 4.40. The van der Waals surface area contributed by atoms with Gasteiger partial charge in [-0.25, -0.2) is 4.79 Å². The van der Waals surface area contributed by atoms with Gasteiger partial charge in [-0.15, -0.1) is 4.79 Å². The summed E-state index contributed by atoms with van der Waals surface area (Å²) in [5.74, 6) is -1.41. The van der Waals surface area contributed by atoms with E-state index in [2.05, 4.69) is 16.0 Å². The molecule has 1 rings (SSSR count). The van der Waals surface area contributed by atoms with Gasteiger partial charge in [0, 0.05) is 52.4 Å². The van der Waals surface area contributed by atoms with Crippen molar-refractivity contribution in [2.45, 2.75) is 171 Å². The quantitative estimate of drug-likeness (QED) is 0.0543. The molecule has 0 saturated carbocycles. The zero-order valence-corrected chi connectivity index (χ0v) is 42.2. The zero-order chi connectivity index (χ0) is 49.9. The molecule has 0 aromatic rings. The molecule has 1 aliphatic heterocycles. The average Bonchev–Trinajstić information content (AvgIpc) is 3.53. The molecule has 0 bridgehead atoms.